The van der Waals surface area contributed by atoms with Crippen LogP contribution in [0.25, 0.3) is 11.3 Å². The SMILES string of the molecule is CC[C@@H](C)Nc1nc(Nc2ccc(Cl)c(C)c2)cc(-c2cccc(OC(F)(F)F)c2)n1. The number of ether oxygens (including phenoxy) is 1. The molecule has 0 aliphatic rings. The Morgan fingerprint density at radius 2 is 1.87 bits per heavy atom. The normalized spacial score (nSPS) is 12.4. The van der Waals surface area contributed by atoms with Gasteiger partial charge in [-0.05, 0) is 56.2 Å². The molecule has 0 aliphatic carbocycles. The second kappa shape index (κ2) is 9.43. The Morgan fingerprint density at radius 1 is 1.10 bits per heavy atom. The lowest BCUT2D eigenvalue weighted by molar-refractivity contribution is -0.274. The number of alkyl halides is 3. The molecule has 0 radical (unpaired) electrons. The third-order valence-corrected chi connectivity index (χ3v) is 4.93. The minimum absolute atomic E-state index is 0.112. The van der Waals surface area contributed by atoms with E-state index in [4.69, 9.17) is 11.6 Å². The third-order valence-electron chi connectivity index (χ3n) is 4.51. The molecule has 0 spiro atoms. The van der Waals surface area contributed by atoms with Gasteiger partial charge in [-0.3, -0.25) is 0 Å². The molecule has 9 heteroatoms. The molecule has 0 saturated heterocycles. The summed E-state index contributed by atoms with van der Waals surface area (Å²) in [4.78, 5) is 8.98. The molecule has 0 aliphatic heterocycles. The molecule has 5 nitrogen and oxygen atoms in total. The smallest absolute Gasteiger partial charge is 0.406 e. The predicted octanol–water partition coefficient (Wildman–Crippen LogP) is 6.96. The Hall–Kier alpha value is -3.00. The van der Waals surface area contributed by atoms with Gasteiger partial charge in [0, 0.05) is 28.4 Å². The molecule has 1 atom stereocenters. The predicted molar refractivity (Wildman–Crippen MR) is 117 cm³/mol. The zero-order valence-electron chi connectivity index (χ0n) is 17.2. The molecule has 0 amide bonds. The molecule has 1 heterocycles. The van der Waals surface area contributed by atoms with E-state index >= 15 is 0 Å². The van der Waals surface area contributed by atoms with E-state index in [1.807, 2.05) is 32.9 Å². The second-order valence-electron chi connectivity index (χ2n) is 7.08. The van der Waals surface area contributed by atoms with Gasteiger partial charge in [-0.2, -0.15) is 4.98 Å². The van der Waals surface area contributed by atoms with Crippen molar-refractivity contribution >= 4 is 29.1 Å². The maximum atomic E-state index is 12.6. The number of rotatable bonds is 7. The van der Waals surface area contributed by atoms with Crippen molar-refractivity contribution in [2.75, 3.05) is 10.6 Å². The topological polar surface area (TPSA) is 59.1 Å². The number of hydrogen-bond donors (Lipinski definition) is 2. The molecule has 0 fully saturated rings. The summed E-state index contributed by atoms with van der Waals surface area (Å²) in [7, 11) is 0. The second-order valence-corrected chi connectivity index (χ2v) is 7.49. The summed E-state index contributed by atoms with van der Waals surface area (Å²) >= 11 is 6.09. The van der Waals surface area contributed by atoms with Gasteiger partial charge in [0.05, 0.1) is 5.69 Å². The molecule has 31 heavy (non-hydrogen) atoms. The van der Waals surface area contributed by atoms with Gasteiger partial charge >= 0.3 is 6.36 Å². The van der Waals surface area contributed by atoms with E-state index in [2.05, 4.69) is 25.3 Å². The highest BCUT2D eigenvalue weighted by atomic mass is 35.5. The molecule has 3 rings (SSSR count). The molecule has 0 unspecified atom stereocenters. The summed E-state index contributed by atoms with van der Waals surface area (Å²) < 4.78 is 41.9. The van der Waals surface area contributed by atoms with Crippen LogP contribution in [-0.4, -0.2) is 22.4 Å². The van der Waals surface area contributed by atoms with Gasteiger partial charge in [0.25, 0.3) is 0 Å². The van der Waals surface area contributed by atoms with Gasteiger partial charge in [0.1, 0.15) is 11.6 Å². The van der Waals surface area contributed by atoms with Gasteiger partial charge in [-0.25, -0.2) is 4.98 Å². The van der Waals surface area contributed by atoms with Crippen molar-refractivity contribution in [2.24, 2.45) is 0 Å². The van der Waals surface area contributed by atoms with E-state index in [0.29, 0.717) is 28.0 Å². The van der Waals surface area contributed by atoms with Crippen LogP contribution in [0, 0.1) is 6.92 Å². The first kappa shape index (κ1) is 22.7. The summed E-state index contributed by atoms with van der Waals surface area (Å²) in [5.41, 5.74) is 2.58. The first-order chi connectivity index (χ1) is 14.6. The van der Waals surface area contributed by atoms with Crippen molar-refractivity contribution in [3.8, 4) is 17.0 Å². The molecular formula is C22H22ClF3N4O. The van der Waals surface area contributed by atoms with E-state index in [9.17, 15) is 13.2 Å². The highest BCUT2D eigenvalue weighted by molar-refractivity contribution is 6.31. The summed E-state index contributed by atoms with van der Waals surface area (Å²) in [6, 6.07) is 12.9. The van der Waals surface area contributed by atoms with Crippen molar-refractivity contribution < 1.29 is 17.9 Å². The minimum atomic E-state index is -4.77. The van der Waals surface area contributed by atoms with Crippen molar-refractivity contribution in [1.29, 1.82) is 0 Å². The molecule has 0 saturated carbocycles. The Morgan fingerprint density at radius 3 is 2.55 bits per heavy atom. The Labute approximate surface area is 183 Å². The maximum Gasteiger partial charge on any atom is 0.573 e. The van der Waals surface area contributed by atoms with Crippen molar-refractivity contribution in [2.45, 2.75) is 39.6 Å². The number of nitrogens with zero attached hydrogens (tertiary/aromatic N) is 2. The van der Waals surface area contributed by atoms with Gasteiger partial charge in [0.2, 0.25) is 5.95 Å². The average molecular weight is 451 g/mol. The molecule has 164 valence electrons. The lowest BCUT2D eigenvalue weighted by Gasteiger charge is -2.15. The van der Waals surface area contributed by atoms with Crippen molar-refractivity contribution in [3.05, 3.63) is 59.1 Å². The van der Waals surface area contributed by atoms with E-state index in [-0.39, 0.29) is 11.8 Å². The first-order valence-electron chi connectivity index (χ1n) is 9.68. The van der Waals surface area contributed by atoms with Crippen molar-refractivity contribution in [1.82, 2.24) is 9.97 Å². The largest absolute Gasteiger partial charge is 0.573 e. The standard InChI is InChI=1S/C22H22ClF3N4O/c1-4-14(3)27-21-29-19(15-6-5-7-17(11-15)31-22(24,25)26)12-20(30-21)28-16-8-9-18(23)13(2)10-16/h5-12,14H,4H2,1-3H3,(H2,27,28,29,30)/t14-/m1/s1. The van der Waals surface area contributed by atoms with E-state index in [1.54, 1.807) is 18.2 Å². The summed E-state index contributed by atoms with van der Waals surface area (Å²) in [5, 5.41) is 7.06. The fraction of sp³-hybridized carbons (Fsp3) is 0.273. The zero-order chi connectivity index (χ0) is 22.6. The number of aromatic nitrogens is 2. The minimum Gasteiger partial charge on any atom is -0.406 e. The van der Waals surface area contributed by atoms with Crippen LogP contribution >= 0.6 is 11.6 Å². The molecule has 0 bridgehead atoms. The molecule has 3 aromatic rings. The summed E-state index contributed by atoms with van der Waals surface area (Å²) in [6.07, 6.45) is -3.92. The lowest BCUT2D eigenvalue weighted by Crippen LogP contribution is -2.17. The van der Waals surface area contributed by atoms with Gasteiger partial charge in [0.15, 0.2) is 0 Å². The Bertz CT molecular complexity index is 1060. The number of hydrogen-bond acceptors (Lipinski definition) is 5. The fourth-order valence-electron chi connectivity index (χ4n) is 2.77. The van der Waals surface area contributed by atoms with Crippen LogP contribution in [0.5, 0.6) is 5.75 Å². The molecular weight excluding hydrogens is 429 g/mol. The zero-order valence-corrected chi connectivity index (χ0v) is 18.0. The number of nitrogens with one attached hydrogen (secondary N) is 2. The maximum absolute atomic E-state index is 12.6. The Kier molecular flexibility index (Phi) is 6.90. The van der Waals surface area contributed by atoms with Gasteiger partial charge in [-0.1, -0.05) is 30.7 Å². The molecule has 1 aromatic heterocycles. The highest BCUT2D eigenvalue weighted by Crippen LogP contribution is 2.30. The van der Waals surface area contributed by atoms with Crippen LogP contribution < -0.4 is 15.4 Å². The summed E-state index contributed by atoms with van der Waals surface area (Å²) in [6.45, 7) is 5.90. The lowest BCUT2D eigenvalue weighted by atomic mass is 10.1. The third kappa shape index (κ3) is 6.49. The monoisotopic (exact) mass is 450 g/mol. The van der Waals surface area contributed by atoms with Crippen LogP contribution in [-0.2, 0) is 0 Å². The van der Waals surface area contributed by atoms with E-state index < -0.39 is 6.36 Å². The number of halogens is 4. The molecule has 2 aromatic carbocycles. The summed E-state index contributed by atoms with van der Waals surface area (Å²) in [5.74, 6) is 0.532. The first-order valence-corrected chi connectivity index (χ1v) is 10.1. The van der Waals surface area contributed by atoms with Crippen LogP contribution in [0.2, 0.25) is 5.02 Å². The van der Waals surface area contributed by atoms with Crippen LogP contribution in [0.4, 0.5) is 30.6 Å². The van der Waals surface area contributed by atoms with Crippen LogP contribution in [0.3, 0.4) is 0 Å². The van der Waals surface area contributed by atoms with Gasteiger partial charge in [-0.15, -0.1) is 13.2 Å². The average Bonchev–Trinajstić information content (AvgIpc) is 2.69. The highest BCUT2D eigenvalue weighted by Gasteiger charge is 2.31. The van der Waals surface area contributed by atoms with E-state index in [1.165, 1.54) is 18.2 Å². The quantitative estimate of drug-likeness (QED) is 0.407. The number of aryl methyl sites for hydroxylation is 1. The van der Waals surface area contributed by atoms with E-state index in [0.717, 1.165) is 17.7 Å². The van der Waals surface area contributed by atoms with Gasteiger partial charge < -0.3 is 15.4 Å². The van der Waals surface area contributed by atoms with Crippen LogP contribution in [0.1, 0.15) is 25.8 Å². The van der Waals surface area contributed by atoms with Crippen LogP contribution in [0.15, 0.2) is 48.5 Å². The van der Waals surface area contributed by atoms with Crippen molar-refractivity contribution in [3.63, 3.8) is 0 Å². The number of anilines is 3. The Balaban J connectivity index is 1.99. The number of benzene rings is 2. The molecule has 2 N–H and O–H groups in total. The fourth-order valence-corrected chi connectivity index (χ4v) is 2.89.